The van der Waals surface area contributed by atoms with Crippen LogP contribution in [-0.2, 0) is 0 Å². The largest absolute Gasteiger partial charge is 0.366 e. The fraction of sp³-hybridized carbons (Fsp3) is 0.0690. The summed E-state index contributed by atoms with van der Waals surface area (Å²) in [5, 5.41) is 20.5. The summed E-state index contributed by atoms with van der Waals surface area (Å²) in [5.41, 5.74) is 14.6. The molecule has 4 N–H and O–H groups in total. The molecular formula is C58H48N4. The molecule has 4 atom stereocenters. The first-order valence-corrected chi connectivity index (χ1v) is 21.4. The van der Waals surface area contributed by atoms with Gasteiger partial charge in [-0.15, -0.1) is 0 Å². The predicted octanol–water partition coefficient (Wildman–Crippen LogP) is 14.3. The van der Waals surface area contributed by atoms with E-state index in [1.807, 2.05) is 0 Å². The summed E-state index contributed by atoms with van der Waals surface area (Å²) >= 11 is 0. The standard InChI is InChI=1S/C54H42N4.C4H6/c1-3-11-35(12-4-1)41-27-19-37-21-29-43(33-45(37)31-41)51-47-15-7-9-17-49(47)55-53(57-51)39-23-25-40(26-24-39)54-56-50-18-10-8-16-48(50)52(58-54)44-30-22-38-20-28-42(32-46(38)34-44)36-13-5-2-6-14-36;1-3-4-2/h1-34,51-58H;3-4H,1-2H2. The van der Waals surface area contributed by atoms with Crippen LogP contribution in [0.5, 0.6) is 0 Å². The van der Waals surface area contributed by atoms with Gasteiger partial charge in [-0.25, -0.2) is 0 Å². The molecule has 0 fully saturated rings. The van der Waals surface area contributed by atoms with Crippen LogP contribution in [0, 0.1) is 0 Å². The summed E-state index contributed by atoms with van der Waals surface area (Å²) in [6, 6.07) is 75.0. The molecule has 4 nitrogen and oxygen atoms in total. The number of anilines is 2. The van der Waals surface area contributed by atoms with E-state index in [2.05, 4.69) is 241 Å². The third-order valence-electron chi connectivity index (χ3n) is 12.2. The molecule has 0 aromatic heterocycles. The first-order valence-electron chi connectivity index (χ1n) is 21.4. The van der Waals surface area contributed by atoms with Crippen LogP contribution in [0.2, 0.25) is 0 Å². The van der Waals surface area contributed by atoms with Crippen LogP contribution < -0.4 is 21.3 Å². The van der Waals surface area contributed by atoms with E-state index < -0.39 is 0 Å². The van der Waals surface area contributed by atoms with Crippen LogP contribution in [0.25, 0.3) is 43.8 Å². The SMILES string of the molecule is C=CC=C.c1ccc(-c2ccc3ccc(C4NC(c5ccc(C6Nc7ccccc7C(c7ccc8ccc(-c9ccccc9)cc8c7)N6)cc5)Nc5ccccc54)cc3c2)cc1. The highest BCUT2D eigenvalue weighted by Gasteiger charge is 2.30. The Morgan fingerprint density at radius 2 is 0.694 bits per heavy atom. The van der Waals surface area contributed by atoms with Crippen molar-refractivity contribution in [3.63, 3.8) is 0 Å². The molecule has 11 rings (SSSR count). The molecule has 4 unspecified atom stereocenters. The topological polar surface area (TPSA) is 48.1 Å². The van der Waals surface area contributed by atoms with E-state index in [1.54, 1.807) is 12.2 Å². The minimum absolute atomic E-state index is 0.0246. The maximum absolute atomic E-state index is 3.98. The zero-order chi connectivity index (χ0) is 41.8. The van der Waals surface area contributed by atoms with Crippen LogP contribution >= 0.6 is 0 Å². The smallest absolute Gasteiger partial charge is 0.104 e. The Hall–Kier alpha value is -7.50. The predicted molar refractivity (Wildman–Crippen MR) is 261 cm³/mol. The van der Waals surface area contributed by atoms with Gasteiger partial charge in [0.15, 0.2) is 0 Å². The minimum atomic E-state index is -0.0700. The van der Waals surface area contributed by atoms with E-state index >= 15 is 0 Å². The second-order valence-electron chi connectivity index (χ2n) is 16.0. The van der Waals surface area contributed by atoms with Crippen molar-refractivity contribution in [3.05, 3.63) is 265 Å². The van der Waals surface area contributed by atoms with Gasteiger partial charge in [-0.2, -0.15) is 0 Å². The lowest BCUT2D eigenvalue weighted by atomic mass is 9.90. The zero-order valence-electron chi connectivity index (χ0n) is 34.5. The normalized spacial score (nSPS) is 17.6. The Balaban J connectivity index is 0.00000110. The molecule has 9 aromatic carbocycles. The van der Waals surface area contributed by atoms with Gasteiger partial charge in [0, 0.05) is 11.4 Å². The number of benzene rings is 9. The van der Waals surface area contributed by atoms with Gasteiger partial charge in [-0.1, -0.05) is 195 Å². The molecule has 2 aliphatic heterocycles. The summed E-state index contributed by atoms with van der Waals surface area (Å²) in [6.45, 7) is 6.72. The van der Waals surface area contributed by atoms with Gasteiger partial charge in [-0.05, 0) is 114 Å². The summed E-state index contributed by atoms with van der Waals surface area (Å²) in [6.07, 6.45) is 3.14. The Kier molecular flexibility index (Phi) is 10.8. The highest BCUT2D eigenvalue weighted by molar-refractivity contribution is 5.89. The van der Waals surface area contributed by atoms with Gasteiger partial charge in [0.1, 0.15) is 12.3 Å². The fourth-order valence-electron chi connectivity index (χ4n) is 8.97. The molecule has 0 amide bonds. The number of hydrogen-bond donors (Lipinski definition) is 4. The van der Waals surface area contributed by atoms with Crippen molar-refractivity contribution in [3.8, 4) is 22.3 Å². The van der Waals surface area contributed by atoms with Gasteiger partial charge in [0.05, 0.1) is 12.1 Å². The van der Waals surface area contributed by atoms with Crippen molar-refractivity contribution in [1.29, 1.82) is 0 Å². The summed E-state index contributed by atoms with van der Waals surface area (Å²) < 4.78 is 0. The van der Waals surface area contributed by atoms with Crippen molar-refractivity contribution in [2.75, 3.05) is 10.6 Å². The lowest BCUT2D eigenvalue weighted by Crippen LogP contribution is -2.38. The van der Waals surface area contributed by atoms with Gasteiger partial charge < -0.3 is 10.6 Å². The van der Waals surface area contributed by atoms with E-state index in [9.17, 15) is 0 Å². The number of allylic oxidation sites excluding steroid dienone is 2. The maximum atomic E-state index is 3.98. The third kappa shape index (κ3) is 7.81. The zero-order valence-corrected chi connectivity index (χ0v) is 34.5. The van der Waals surface area contributed by atoms with Crippen LogP contribution in [0.15, 0.2) is 232 Å². The van der Waals surface area contributed by atoms with E-state index in [-0.39, 0.29) is 24.4 Å². The molecular weight excluding hydrogens is 753 g/mol. The molecule has 0 saturated carbocycles. The molecule has 62 heavy (non-hydrogen) atoms. The highest BCUT2D eigenvalue weighted by atomic mass is 15.2. The van der Waals surface area contributed by atoms with Crippen LogP contribution in [0.1, 0.15) is 57.8 Å². The molecule has 2 aliphatic rings. The molecule has 0 spiro atoms. The van der Waals surface area contributed by atoms with Crippen molar-refractivity contribution >= 4 is 32.9 Å². The fourth-order valence-corrected chi connectivity index (χ4v) is 8.97. The van der Waals surface area contributed by atoms with E-state index in [0.717, 1.165) is 11.4 Å². The molecule has 2 heterocycles. The number of nitrogens with one attached hydrogen (secondary N) is 4. The monoisotopic (exact) mass is 800 g/mol. The summed E-state index contributed by atoms with van der Waals surface area (Å²) in [4.78, 5) is 0. The average molecular weight is 801 g/mol. The molecule has 4 heteroatoms. The minimum Gasteiger partial charge on any atom is -0.366 e. The molecule has 0 saturated heterocycles. The molecule has 9 aromatic rings. The highest BCUT2D eigenvalue weighted by Crippen LogP contribution is 2.40. The second-order valence-corrected chi connectivity index (χ2v) is 16.0. The van der Waals surface area contributed by atoms with Gasteiger partial charge in [0.2, 0.25) is 0 Å². The summed E-state index contributed by atoms with van der Waals surface area (Å²) in [5.74, 6) is 0. The Bertz CT molecular complexity index is 2820. The van der Waals surface area contributed by atoms with E-state index in [4.69, 9.17) is 0 Å². The first-order chi connectivity index (χ1) is 30.6. The molecule has 0 bridgehead atoms. The van der Waals surface area contributed by atoms with Crippen molar-refractivity contribution < 1.29 is 0 Å². The number of hydrogen-bond acceptors (Lipinski definition) is 4. The Morgan fingerprint density at radius 1 is 0.323 bits per heavy atom. The van der Waals surface area contributed by atoms with Crippen LogP contribution in [-0.4, -0.2) is 0 Å². The first kappa shape index (κ1) is 38.7. The lowest BCUT2D eigenvalue weighted by molar-refractivity contribution is 0.501. The van der Waals surface area contributed by atoms with Gasteiger partial charge >= 0.3 is 0 Å². The van der Waals surface area contributed by atoms with Gasteiger partial charge in [0.25, 0.3) is 0 Å². The van der Waals surface area contributed by atoms with E-state index in [1.165, 1.54) is 77.2 Å². The second kappa shape index (κ2) is 17.2. The summed E-state index contributed by atoms with van der Waals surface area (Å²) in [7, 11) is 0. The van der Waals surface area contributed by atoms with E-state index in [0.29, 0.717) is 0 Å². The van der Waals surface area contributed by atoms with Crippen molar-refractivity contribution in [1.82, 2.24) is 10.6 Å². The van der Waals surface area contributed by atoms with Crippen LogP contribution in [0.4, 0.5) is 11.4 Å². The number of fused-ring (bicyclic) bond motifs is 4. The quantitative estimate of drug-likeness (QED) is 0.121. The van der Waals surface area contributed by atoms with Gasteiger partial charge in [-0.3, -0.25) is 10.6 Å². The Morgan fingerprint density at radius 3 is 1.11 bits per heavy atom. The molecule has 0 aliphatic carbocycles. The van der Waals surface area contributed by atoms with Crippen molar-refractivity contribution in [2.24, 2.45) is 0 Å². The molecule has 0 radical (unpaired) electrons. The number of rotatable bonds is 7. The van der Waals surface area contributed by atoms with Crippen molar-refractivity contribution in [2.45, 2.75) is 24.4 Å². The maximum Gasteiger partial charge on any atom is 0.104 e. The van der Waals surface area contributed by atoms with Crippen LogP contribution in [0.3, 0.4) is 0 Å². The Labute approximate surface area is 364 Å². The average Bonchev–Trinajstić information content (AvgIpc) is 3.35. The molecule has 300 valence electrons. The number of para-hydroxylation sites is 2. The lowest BCUT2D eigenvalue weighted by Gasteiger charge is -2.36. The third-order valence-corrected chi connectivity index (χ3v) is 12.2.